The van der Waals surface area contributed by atoms with Crippen LogP contribution >= 0.6 is 0 Å². The number of benzene rings is 1. The number of nitrogens with one attached hydrogen (secondary N) is 1. The van der Waals surface area contributed by atoms with E-state index in [0.29, 0.717) is 5.92 Å². The molecule has 0 bridgehead atoms. The fourth-order valence-corrected chi connectivity index (χ4v) is 1.22. The molecule has 0 spiro atoms. The summed E-state index contributed by atoms with van der Waals surface area (Å²) in [4.78, 5) is 11.3. The van der Waals surface area contributed by atoms with Gasteiger partial charge in [-0.05, 0) is 37.0 Å². The Hall–Kier alpha value is -1.57. The Morgan fingerprint density at radius 2 is 2.00 bits per heavy atom. The van der Waals surface area contributed by atoms with Gasteiger partial charge in [0.15, 0.2) is 0 Å². The van der Waals surface area contributed by atoms with Crippen LogP contribution in [0.4, 0.5) is 5.69 Å². The Morgan fingerprint density at radius 1 is 1.29 bits per heavy atom. The number of para-hydroxylation sites is 1. The van der Waals surface area contributed by atoms with Crippen molar-refractivity contribution < 1.29 is 4.79 Å². The van der Waals surface area contributed by atoms with E-state index < -0.39 is 0 Å². The molecule has 1 aliphatic carbocycles. The number of anilines is 1. The second-order valence-corrected chi connectivity index (χ2v) is 3.55. The van der Waals surface area contributed by atoms with Gasteiger partial charge >= 0.3 is 0 Å². The lowest BCUT2D eigenvalue weighted by Gasteiger charge is -1.99. The summed E-state index contributed by atoms with van der Waals surface area (Å²) in [6, 6.07) is 9.49. The zero-order chi connectivity index (χ0) is 9.80. The van der Waals surface area contributed by atoms with Crippen molar-refractivity contribution >= 4 is 11.6 Å². The summed E-state index contributed by atoms with van der Waals surface area (Å²) >= 11 is 0. The van der Waals surface area contributed by atoms with Gasteiger partial charge in [0.25, 0.3) is 0 Å². The summed E-state index contributed by atoms with van der Waals surface area (Å²) in [6.07, 6.45) is 6.08. The van der Waals surface area contributed by atoms with Crippen LogP contribution in [0.1, 0.15) is 12.8 Å². The number of amides is 1. The van der Waals surface area contributed by atoms with Crippen LogP contribution in [0.5, 0.6) is 0 Å². The van der Waals surface area contributed by atoms with Gasteiger partial charge < -0.3 is 5.32 Å². The first kappa shape index (κ1) is 9.00. The van der Waals surface area contributed by atoms with Gasteiger partial charge in [0.05, 0.1) is 0 Å². The molecule has 14 heavy (non-hydrogen) atoms. The summed E-state index contributed by atoms with van der Waals surface area (Å²) in [6.45, 7) is 0. The van der Waals surface area contributed by atoms with Crippen LogP contribution in [0, 0.1) is 5.92 Å². The van der Waals surface area contributed by atoms with E-state index in [2.05, 4.69) is 5.32 Å². The van der Waals surface area contributed by atoms with Crippen molar-refractivity contribution in [2.45, 2.75) is 12.8 Å². The van der Waals surface area contributed by atoms with Gasteiger partial charge in [-0.3, -0.25) is 4.79 Å². The molecule has 0 heterocycles. The molecule has 1 fully saturated rings. The molecule has 0 aromatic heterocycles. The average Bonchev–Trinajstić information content (AvgIpc) is 3.00. The third-order valence-corrected chi connectivity index (χ3v) is 2.18. The summed E-state index contributed by atoms with van der Waals surface area (Å²) in [5.74, 6) is 0.611. The summed E-state index contributed by atoms with van der Waals surface area (Å²) in [7, 11) is 0. The summed E-state index contributed by atoms with van der Waals surface area (Å²) in [5.41, 5.74) is 0.845. The van der Waals surface area contributed by atoms with Crippen molar-refractivity contribution in [2.24, 2.45) is 5.92 Å². The largest absolute Gasteiger partial charge is 0.323 e. The Bertz CT molecular complexity index is 339. The molecule has 0 radical (unpaired) electrons. The number of allylic oxidation sites excluding steroid dienone is 1. The topological polar surface area (TPSA) is 29.1 Å². The van der Waals surface area contributed by atoms with Crippen molar-refractivity contribution in [2.75, 3.05) is 5.32 Å². The first-order valence-electron chi connectivity index (χ1n) is 4.89. The van der Waals surface area contributed by atoms with Gasteiger partial charge in [-0.2, -0.15) is 0 Å². The minimum Gasteiger partial charge on any atom is -0.323 e. The number of rotatable bonds is 3. The highest BCUT2D eigenvalue weighted by Crippen LogP contribution is 2.29. The van der Waals surface area contributed by atoms with E-state index in [1.54, 1.807) is 6.08 Å². The highest BCUT2D eigenvalue weighted by Gasteiger charge is 2.17. The monoisotopic (exact) mass is 187 g/mol. The van der Waals surface area contributed by atoms with Gasteiger partial charge in [-0.25, -0.2) is 0 Å². The number of hydrogen-bond donors (Lipinski definition) is 1. The lowest BCUT2D eigenvalue weighted by molar-refractivity contribution is -0.111. The maximum atomic E-state index is 11.3. The number of hydrogen-bond acceptors (Lipinski definition) is 1. The fourth-order valence-electron chi connectivity index (χ4n) is 1.22. The Morgan fingerprint density at radius 3 is 2.64 bits per heavy atom. The van der Waals surface area contributed by atoms with E-state index in [4.69, 9.17) is 0 Å². The molecular formula is C12H13NO. The van der Waals surface area contributed by atoms with E-state index >= 15 is 0 Å². The van der Waals surface area contributed by atoms with E-state index in [0.717, 1.165) is 5.69 Å². The van der Waals surface area contributed by atoms with E-state index in [-0.39, 0.29) is 5.91 Å². The standard InChI is InChI=1S/C12H13NO/c14-12(9-8-10-6-7-10)13-11-4-2-1-3-5-11/h1-5,8-10H,6-7H2,(H,13,14)/b9-8+. The van der Waals surface area contributed by atoms with Crippen LogP contribution in [-0.2, 0) is 4.79 Å². The van der Waals surface area contributed by atoms with Crippen molar-refractivity contribution in [3.63, 3.8) is 0 Å². The lowest BCUT2D eigenvalue weighted by Crippen LogP contribution is -2.07. The molecule has 1 N–H and O–H groups in total. The van der Waals surface area contributed by atoms with Gasteiger partial charge in [0, 0.05) is 5.69 Å². The molecule has 0 aliphatic heterocycles. The van der Waals surface area contributed by atoms with Crippen LogP contribution in [-0.4, -0.2) is 5.91 Å². The molecule has 0 atom stereocenters. The van der Waals surface area contributed by atoms with Crippen molar-refractivity contribution in [3.05, 3.63) is 42.5 Å². The zero-order valence-corrected chi connectivity index (χ0v) is 7.94. The van der Waals surface area contributed by atoms with Gasteiger partial charge in [0.2, 0.25) is 5.91 Å². The zero-order valence-electron chi connectivity index (χ0n) is 7.94. The van der Waals surface area contributed by atoms with E-state index in [1.165, 1.54) is 12.8 Å². The maximum absolute atomic E-state index is 11.3. The van der Waals surface area contributed by atoms with Crippen LogP contribution < -0.4 is 5.32 Å². The van der Waals surface area contributed by atoms with Crippen LogP contribution in [0.15, 0.2) is 42.5 Å². The van der Waals surface area contributed by atoms with Gasteiger partial charge in [-0.1, -0.05) is 24.3 Å². The predicted octanol–water partition coefficient (Wildman–Crippen LogP) is 2.59. The SMILES string of the molecule is O=C(/C=C/C1CC1)Nc1ccccc1. The molecular weight excluding hydrogens is 174 g/mol. The van der Waals surface area contributed by atoms with E-state index in [9.17, 15) is 4.79 Å². The van der Waals surface area contributed by atoms with Crippen molar-refractivity contribution in [3.8, 4) is 0 Å². The van der Waals surface area contributed by atoms with Crippen molar-refractivity contribution in [1.29, 1.82) is 0 Å². The predicted molar refractivity (Wildman–Crippen MR) is 56.9 cm³/mol. The molecule has 1 aliphatic rings. The van der Waals surface area contributed by atoms with Crippen molar-refractivity contribution in [1.82, 2.24) is 0 Å². The van der Waals surface area contributed by atoms with Crippen LogP contribution in [0.3, 0.4) is 0 Å². The highest BCUT2D eigenvalue weighted by molar-refractivity contribution is 5.99. The Balaban J connectivity index is 1.87. The molecule has 1 amide bonds. The van der Waals surface area contributed by atoms with Gasteiger partial charge in [0.1, 0.15) is 0 Å². The Labute approximate surface area is 83.6 Å². The second kappa shape index (κ2) is 4.09. The fraction of sp³-hybridized carbons (Fsp3) is 0.250. The molecule has 1 saturated carbocycles. The Kier molecular flexibility index (Phi) is 2.63. The molecule has 72 valence electrons. The molecule has 1 aromatic rings. The quantitative estimate of drug-likeness (QED) is 0.724. The summed E-state index contributed by atoms with van der Waals surface area (Å²) in [5, 5.41) is 2.80. The molecule has 2 heteroatoms. The van der Waals surface area contributed by atoms with Crippen LogP contribution in [0.25, 0.3) is 0 Å². The lowest BCUT2D eigenvalue weighted by atomic mass is 10.3. The number of carbonyl (C=O) groups excluding carboxylic acids is 1. The first-order valence-corrected chi connectivity index (χ1v) is 4.89. The molecule has 2 nitrogen and oxygen atoms in total. The highest BCUT2D eigenvalue weighted by atomic mass is 16.1. The number of carbonyl (C=O) groups is 1. The molecule has 2 rings (SSSR count). The van der Waals surface area contributed by atoms with Crippen LogP contribution in [0.2, 0.25) is 0 Å². The first-order chi connectivity index (χ1) is 6.84. The molecule has 0 saturated heterocycles. The minimum atomic E-state index is -0.0388. The molecule has 1 aromatic carbocycles. The van der Waals surface area contributed by atoms with Gasteiger partial charge in [-0.15, -0.1) is 0 Å². The smallest absolute Gasteiger partial charge is 0.248 e. The third kappa shape index (κ3) is 2.73. The normalized spacial score (nSPS) is 15.7. The minimum absolute atomic E-state index is 0.0388. The molecule has 0 unspecified atom stereocenters. The average molecular weight is 187 g/mol. The third-order valence-electron chi connectivity index (χ3n) is 2.18. The van der Waals surface area contributed by atoms with E-state index in [1.807, 2.05) is 36.4 Å². The second-order valence-electron chi connectivity index (χ2n) is 3.55. The summed E-state index contributed by atoms with van der Waals surface area (Å²) < 4.78 is 0. The maximum Gasteiger partial charge on any atom is 0.248 e.